The standard InChI is InChI=1S/C17H18N4O.C4H4O4/c1-2-11-20(15-7-9-18-10-8-15)21-13-14(12-19-22)16-5-3-4-6-17(16)21;5-3(6)1-2-4(7)8/h3-10,12-13,22H,2,11H2,1H3;1-2H,(H,5,6)(H,7,8). The number of aliphatic carboxylic acids is 2. The van der Waals surface area contributed by atoms with Crippen molar-refractivity contribution < 1.29 is 25.0 Å². The molecule has 0 atom stereocenters. The van der Waals surface area contributed by atoms with Crippen molar-refractivity contribution in [3.63, 3.8) is 0 Å². The summed E-state index contributed by atoms with van der Waals surface area (Å²) in [7, 11) is 0. The fraction of sp³-hybridized carbons (Fsp3) is 0.143. The van der Waals surface area contributed by atoms with Crippen molar-refractivity contribution in [2.45, 2.75) is 13.3 Å². The summed E-state index contributed by atoms with van der Waals surface area (Å²) in [6.45, 7) is 3.02. The number of pyridine rings is 1. The lowest BCUT2D eigenvalue weighted by molar-refractivity contribution is -0.134. The maximum atomic E-state index is 9.55. The number of carbonyl (C=O) groups is 2. The smallest absolute Gasteiger partial charge is 0.328 e. The van der Waals surface area contributed by atoms with Crippen molar-refractivity contribution in [1.82, 2.24) is 9.66 Å². The first-order valence-electron chi connectivity index (χ1n) is 9.07. The summed E-state index contributed by atoms with van der Waals surface area (Å²) < 4.78 is 2.10. The number of hydrogen-bond donors (Lipinski definition) is 3. The van der Waals surface area contributed by atoms with Gasteiger partial charge in [0.25, 0.3) is 0 Å². The van der Waals surface area contributed by atoms with E-state index in [0.717, 1.165) is 35.1 Å². The molecule has 30 heavy (non-hydrogen) atoms. The summed E-state index contributed by atoms with van der Waals surface area (Å²) in [5.74, 6) is -2.51. The SMILES string of the molecule is CCCN(c1ccncc1)n1cc(C=NO)c2ccccc21.O=C(O)C=CC(=O)O. The molecule has 3 rings (SSSR count). The van der Waals surface area contributed by atoms with Crippen LogP contribution in [-0.4, -0.2) is 49.8 Å². The Bertz CT molecular complexity index is 1030. The number of fused-ring (bicyclic) bond motifs is 1. The molecule has 0 radical (unpaired) electrons. The number of nitrogens with zero attached hydrogens (tertiary/aromatic N) is 4. The molecule has 0 aliphatic rings. The zero-order chi connectivity index (χ0) is 21.9. The molecule has 0 aliphatic heterocycles. The fourth-order valence-electron chi connectivity index (χ4n) is 2.78. The van der Waals surface area contributed by atoms with Gasteiger partial charge >= 0.3 is 11.9 Å². The molecule has 2 heterocycles. The van der Waals surface area contributed by atoms with Gasteiger partial charge in [0.2, 0.25) is 0 Å². The number of benzene rings is 1. The number of carboxylic acids is 2. The quantitative estimate of drug-likeness (QED) is 0.236. The Labute approximate surface area is 172 Å². The Morgan fingerprint density at radius 2 is 1.73 bits per heavy atom. The van der Waals surface area contributed by atoms with Gasteiger partial charge in [0.15, 0.2) is 0 Å². The third-order valence-electron chi connectivity index (χ3n) is 3.94. The minimum Gasteiger partial charge on any atom is -0.478 e. The molecule has 0 aliphatic carbocycles. The van der Waals surface area contributed by atoms with Gasteiger partial charge in [-0.2, -0.15) is 0 Å². The van der Waals surface area contributed by atoms with Gasteiger partial charge in [-0.25, -0.2) is 9.59 Å². The molecule has 0 unspecified atom stereocenters. The van der Waals surface area contributed by atoms with E-state index in [0.29, 0.717) is 12.2 Å². The molecule has 2 aromatic heterocycles. The van der Waals surface area contributed by atoms with Gasteiger partial charge in [0.05, 0.1) is 17.4 Å². The highest BCUT2D eigenvalue weighted by Gasteiger charge is 2.13. The number of aromatic nitrogens is 2. The van der Waals surface area contributed by atoms with Gasteiger partial charge in [0, 0.05) is 48.2 Å². The second-order valence-electron chi connectivity index (χ2n) is 6.03. The van der Waals surface area contributed by atoms with Crippen LogP contribution in [0.5, 0.6) is 0 Å². The Hall–Kier alpha value is -4.14. The number of oxime groups is 1. The molecule has 0 bridgehead atoms. The van der Waals surface area contributed by atoms with E-state index < -0.39 is 11.9 Å². The first-order chi connectivity index (χ1) is 14.5. The van der Waals surface area contributed by atoms with Crippen molar-refractivity contribution in [3.8, 4) is 0 Å². The highest BCUT2D eigenvalue weighted by Crippen LogP contribution is 2.24. The number of hydrogen-bond acceptors (Lipinski definition) is 6. The second kappa shape index (κ2) is 11.0. The monoisotopic (exact) mass is 410 g/mol. The van der Waals surface area contributed by atoms with Crippen LogP contribution in [-0.2, 0) is 9.59 Å². The Kier molecular flexibility index (Phi) is 8.13. The molecule has 0 amide bonds. The molecule has 0 saturated carbocycles. The second-order valence-corrected chi connectivity index (χ2v) is 6.03. The highest BCUT2D eigenvalue weighted by atomic mass is 16.4. The van der Waals surface area contributed by atoms with Crippen molar-refractivity contribution in [2.24, 2.45) is 5.16 Å². The highest BCUT2D eigenvalue weighted by molar-refractivity contribution is 5.99. The lowest BCUT2D eigenvalue weighted by Gasteiger charge is -2.26. The van der Waals surface area contributed by atoms with Gasteiger partial charge in [-0.05, 0) is 24.6 Å². The van der Waals surface area contributed by atoms with Gasteiger partial charge in [-0.15, -0.1) is 0 Å². The molecular weight excluding hydrogens is 388 g/mol. The third-order valence-corrected chi connectivity index (χ3v) is 3.94. The normalized spacial score (nSPS) is 10.8. The number of para-hydroxylation sites is 1. The summed E-state index contributed by atoms with van der Waals surface area (Å²) in [6.07, 6.45) is 9.17. The number of carboxylic acid groups (broad SMARTS) is 2. The summed E-state index contributed by atoms with van der Waals surface area (Å²) in [4.78, 5) is 23.2. The van der Waals surface area contributed by atoms with Crippen molar-refractivity contribution in [3.05, 3.63) is 72.7 Å². The predicted octanol–water partition coefficient (Wildman–Crippen LogP) is 3.24. The van der Waals surface area contributed by atoms with Crippen LogP contribution in [0.15, 0.2) is 72.3 Å². The first kappa shape index (κ1) is 22.2. The van der Waals surface area contributed by atoms with E-state index in [1.54, 1.807) is 12.4 Å². The van der Waals surface area contributed by atoms with Gasteiger partial charge in [-0.1, -0.05) is 30.3 Å². The maximum absolute atomic E-state index is 9.55. The molecule has 0 fully saturated rings. The molecule has 156 valence electrons. The minimum atomic E-state index is -1.26. The van der Waals surface area contributed by atoms with E-state index in [-0.39, 0.29) is 0 Å². The average Bonchev–Trinajstić information content (AvgIpc) is 3.10. The molecule has 3 N–H and O–H groups in total. The summed E-state index contributed by atoms with van der Waals surface area (Å²) in [5, 5.41) is 30.9. The van der Waals surface area contributed by atoms with Crippen molar-refractivity contribution >= 4 is 34.7 Å². The third kappa shape index (κ3) is 5.93. The van der Waals surface area contributed by atoms with Crippen molar-refractivity contribution in [1.29, 1.82) is 0 Å². The van der Waals surface area contributed by atoms with Crippen LogP contribution >= 0.6 is 0 Å². The van der Waals surface area contributed by atoms with Crippen molar-refractivity contribution in [2.75, 3.05) is 11.6 Å². The molecular formula is C21H22N4O5. The molecule has 0 saturated heterocycles. The predicted molar refractivity (Wildman–Crippen MR) is 113 cm³/mol. The average molecular weight is 410 g/mol. The first-order valence-corrected chi connectivity index (χ1v) is 9.07. The lowest BCUT2D eigenvalue weighted by atomic mass is 10.2. The molecule has 0 spiro atoms. The van der Waals surface area contributed by atoms with E-state index in [4.69, 9.17) is 15.4 Å². The number of anilines is 1. The molecule has 1 aromatic carbocycles. The zero-order valence-corrected chi connectivity index (χ0v) is 16.3. The Balaban J connectivity index is 0.000000343. The van der Waals surface area contributed by atoms with Crippen LogP contribution < -0.4 is 5.01 Å². The van der Waals surface area contributed by atoms with E-state index in [1.165, 1.54) is 6.21 Å². The largest absolute Gasteiger partial charge is 0.478 e. The molecule has 3 aromatic rings. The van der Waals surface area contributed by atoms with Gasteiger partial charge in [0.1, 0.15) is 0 Å². The van der Waals surface area contributed by atoms with Crippen LogP contribution in [0, 0.1) is 0 Å². The van der Waals surface area contributed by atoms with Crippen LogP contribution in [0.3, 0.4) is 0 Å². The van der Waals surface area contributed by atoms with E-state index >= 15 is 0 Å². The fourth-order valence-corrected chi connectivity index (χ4v) is 2.78. The van der Waals surface area contributed by atoms with Gasteiger partial charge in [-0.3, -0.25) is 14.7 Å². The van der Waals surface area contributed by atoms with E-state index in [1.807, 2.05) is 36.5 Å². The Morgan fingerprint density at radius 1 is 1.10 bits per heavy atom. The lowest BCUT2D eigenvalue weighted by Crippen LogP contribution is -2.29. The maximum Gasteiger partial charge on any atom is 0.328 e. The van der Waals surface area contributed by atoms with Gasteiger partial charge < -0.3 is 15.4 Å². The summed E-state index contributed by atoms with van der Waals surface area (Å²) in [5.41, 5.74) is 3.03. The topological polar surface area (TPSA) is 128 Å². The van der Waals surface area contributed by atoms with Crippen LogP contribution in [0.4, 0.5) is 5.69 Å². The summed E-state index contributed by atoms with van der Waals surface area (Å²) >= 11 is 0. The zero-order valence-electron chi connectivity index (χ0n) is 16.3. The van der Waals surface area contributed by atoms with E-state index in [2.05, 4.69) is 32.8 Å². The van der Waals surface area contributed by atoms with E-state index in [9.17, 15) is 9.59 Å². The Morgan fingerprint density at radius 3 is 2.30 bits per heavy atom. The number of rotatable bonds is 7. The van der Waals surface area contributed by atoms with Crippen LogP contribution in [0.1, 0.15) is 18.9 Å². The molecule has 9 nitrogen and oxygen atoms in total. The van der Waals surface area contributed by atoms with Crippen LogP contribution in [0.2, 0.25) is 0 Å². The molecule has 9 heteroatoms. The van der Waals surface area contributed by atoms with Crippen LogP contribution in [0.25, 0.3) is 10.9 Å². The summed E-state index contributed by atoms with van der Waals surface area (Å²) in [6, 6.07) is 12.1. The minimum absolute atomic E-state index is 0.558.